The van der Waals surface area contributed by atoms with Crippen LogP contribution in [0.2, 0.25) is 5.02 Å². The molecular formula is C19H18ClN3O3S2. The number of amides is 1. The summed E-state index contributed by atoms with van der Waals surface area (Å²) in [6.45, 7) is 0.359. The van der Waals surface area contributed by atoms with Gasteiger partial charge in [0.25, 0.3) is 10.0 Å². The summed E-state index contributed by atoms with van der Waals surface area (Å²) in [7, 11) is -3.67. The molecule has 28 heavy (non-hydrogen) atoms. The SMILES string of the molecule is O=C(CCc1csc(NS(=O)(=O)c2ccccc2)n1)NCc1ccccc1Cl. The third-order valence-electron chi connectivity index (χ3n) is 3.87. The van der Waals surface area contributed by atoms with Crippen LogP contribution in [0.4, 0.5) is 5.13 Å². The summed E-state index contributed by atoms with van der Waals surface area (Å²) in [5, 5.41) is 5.44. The Bertz CT molecular complexity index is 1050. The van der Waals surface area contributed by atoms with Gasteiger partial charge in [-0.2, -0.15) is 0 Å². The molecule has 0 fully saturated rings. The van der Waals surface area contributed by atoms with Gasteiger partial charge in [0, 0.05) is 23.4 Å². The number of nitrogens with zero attached hydrogens (tertiary/aromatic N) is 1. The van der Waals surface area contributed by atoms with E-state index >= 15 is 0 Å². The molecule has 0 aliphatic rings. The van der Waals surface area contributed by atoms with Crippen molar-refractivity contribution >= 4 is 44.0 Å². The maximum atomic E-state index is 12.3. The zero-order chi connectivity index (χ0) is 20.0. The van der Waals surface area contributed by atoms with Gasteiger partial charge >= 0.3 is 0 Å². The molecule has 9 heteroatoms. The van der Waals surface area contributed by atoms with Gasteiger partial charge in [-0.25, -0.2) is 13.4 Å². The smallest absolute Gasteiger partial charge is 0.263 e. The van der Waals surface area contributed by atoms with Gasteiger partial charge in [0.15, 0.2) is 5.13 Å². The molecule has 146 valence electrons. The number of hydrogen-bond acceptors (Lipinski definition) is 5. The van der Waals surface area contributed by atoms with Crippen LogP contribution in [0.1, 0.15) is 17.7 Å². The van der Waals surface area contributed by atoms with Crippen LogP contribution in [0.25, 0.3) is 0 Å². The molecule has 0 saturated carbocycles. The topological polar surface area (TPSA) is 88.2 Å². The molecular weight excluding hydrogens is 418 g/mol. The predicted octanol–water partition coefficient (Wildman–Crippen LogP) is 3.85. The number of benzene rings is 2. The monoisotopic (exact) mass is 435 g/mol. The van der Waals surface area contributed by atoms with Crippen molar-refractivity contribution in [2.45, 2.75) is 24.3 Å². The largest absolute Gasteiger partial charge is 0.352 e. The van der Waals surface area contributed by atoms with Crippen LogP contribution in [0.3, 0.4) is 0 Å². The number of anilines is 1. The summed E-state index contributed by atoms with van der Waals surface area (Å²) in [6, 6.07) is 15.4. The number of nitrogens with one attached hydrogen (secondary N) is 2. The number of thiazole rings is 1. The Kier molecular flexibility index (Phi) is 6.66. The van der Waals surface area contributed by atoms with Gasteiger partial charge in [0.2, 0.25) is 5.91 Å². The van der Waals surface area contributed by atoms with Crippen LogP contribution >= 0.6 is 22.9 Å². The molecule has 3 aromatic rings. The third kappa shape index (κ3) is 5.54. The third-order valence-corrected chi connectivity index (χ3v) is 6.53. The first-order valence-corrected chi connectivity index (χ1v) is 11.2. The Morgan fingerprint density at radius 3 is 2.54 bits per heavy atom. The number of aromatic nitrogens is 1. The molecule has 0 atom stereocenters. The van der Waals surface area contributed by atoms with E-state index in [1.165, 1.54) is 23.5 Å². The normalized spacial score (nSPS) is 11.2. The summed E-state index contributed by atoms with van der Waals surface area (Å²) >= 11 is 7.25. The van der Waals surface area contributed by atoms with Crippen molar-refractivity contribution in [3.05, 3.63) is 76.3 Å². The van der Waals surface area contributed by atoms with Gasteiger partial charge in [-0.3, -0.25) is 9.52 Å². The lowest BCUT2D eigenvalue weighted by atomic mass is 10.2. The molecule has 0 unspecified atom stereocenters. The minimum atomic E-state index is -3.67. The highest BCUT2D eigenvalue weighted by Crippen LogP contribution is 2.21. The quantitative estimate of drug-likeness (QED) is 0.562. The van der Waals surface area contributed by atoms with E-state index in [9.17, 15) is 13.2 Å². The Hall–Kier alpha value is -2.42. The minimum absolute atomic E-state index is 0.126. The molecule has 1 amide bonds. The van der Waals surface area contributed by atoms with E-state index in [4.69, 9.17) is 11.6 Å². The van der Waals surface area contributed by atoms with Gasteiger partial charge < -0.3 is 5.32 Å². The second-order valence-electron chi connectivity index (χ2n) is 5.93. The fourth-order valence-corrected chi connectivity index (χ4v) is 4.63. The molecule has 1 aromatic heterocycles. The molecule has 0 aliphatic carbocycles. The molecule has 0 radical (unpaired) electrons. The van der Waals surface area contributed by atoms with Crippen molar-refractivity contribution in [1.82, 2.24) is 10.3 Å². The number of carbonyl (C=O) groups excluding carboxylic acids is 1. The van der Waals surface area contributed by atoms with Crippen LogP contribution < -0.4 is 10.0 Å². The van der Waals surface area contributed by atoms with Crippen molar-refractivity contribution in [2.24, 2.45) is 0 Å². The number of sulfonamides is 1. The number of carbonyl (C=O) groups is 1. The Balaban J connectivity index is 1.51. The summed E-state index contributed by atoms with van der Waals surface area (Å²) < 4.78 is 27.1. The first kappa shape index (κ1) is 20.3. The Morgan fingerprint density at radius 2 is 1.79 bits per heavy atom. The van der Waals surface area contributed by atoms with Crippen LogP contribution in [0.15, 0.2) is 64.9 Å². The van der Waals surface area contributed by atoms with Crippen LogP contribution in [-0.2, 0) is 27.8 Å². The van der Waals surface area contributed by atoms with Gasteiger partial charge in [-0.15, -0.1) is 11.3 Å². The zero-order valence-electron chi connectivity index (χ0n) is 14.8. The zero-order valence-corrected chi connectivity index (χ0v) is 17.2. The molecule has 0 aliphatic heterocycles. The summed E-state index contributed by atoms with van der Waals surface area (Å²) in [5.41, 5.74) is 1.51. The maximum Gasteiger partial charge on any atom is 0.263 e. The minimum Gasteiger partial charge on any atom is -0.352 e. The predicted molar refractivity (Wildman–Crippen MR) is 111 cm³/mol. The number of rotatable bonds is 8. The van der Waals surface area contributed by atoms with Gasteiger partial charge in [-0.1, -0.05) is 48.0 Å². The van der Waals surface area contributed by atoms with Crippen molar-refractivity contribution in [3.8, 4) is 0 Å². The van der Waals surface area contributed by atoms with Crippen molar-refractivity contribution in [3.63, 3.8) is 0 Å². The van der Waals surface area contributed by atoms with E-state index in [0.717, 1.165) is 5.56 Å². The van der Waals surface area contributed by atoms with Crippen LogP contribution in [-0.4, -0.2) is 19.3 Å². The highest BCUT2D eigenvalue weighted by Gasteiger charge is 2.16. The van der Waals surface area contributed by atoms with Crippen LogP contribution in [0, 0.1) is 0 Å². The van der Waals surface area contributed by atoms with E-state index < -0.39 is 10.0 Å². The average molecular weight is 436 g/mol. The average Bonchev–Trinajstić information content (AvgIpc) is 3.13. The highest BCUT2D eigenvalue weighted by molar-refractivity contribution is 7.93. The lowest BCUT2D eigenvalue weighted by molar-refractivity contribution is -0.121. The fraction of sp³-hybridized carbons (Fsp3) is 0.158. The fourth-order valence-electron chi connectivity index (χ4n) is 2.41. The van der Waals surface area contributed by atoms with E-state index in [-0.39, 0.29) is 22.4 Å². The molecule has 3 rings (SSSR count). The summed E-state index contributed by atoms with van der Waals surface area (Å²) in [5.74, 6) is -0.126. The second-order valence-corrected chi connectivity index (χ2v) is 8.88. The number of hydrogen-bond donors (Lipinski definition) is 2. The number of aryl methyl sites for hydroxylation is 1. The molecule has 2 N–H and O–H groups in total. The Morgan fingerprint density at radius 1 is 1.07 bits per heavy atom. The first-order valence-electron chi connectivity index (χ1n) is 8.46. The highest BCUT2D eigenvalue weighted by atomic mass is 35.5. The number of halogens is 1. The molecule has 2 aromatic carbocycles. The van der Waals surface area contributed by atoms with Crippen molar-refractivity contribution in [1.29, 1.82) is 0 Å². The molecule has 0 bridgehead atoms. The van der Waals surface area contributed by atoms with E-state index in [0.29, 0.717) is 23.7 Å². The van der Waals surface area contributed by atoms with E-state index in [1.807, 2.05) is 18.2 Å². The maximum absolute atomic E-state index is 12.3. The molecule has 0 spiro atoms. The van der Waals surface area contributed by atoms with Gasteiger partial charge in [0.1, 0.15) is 0 Å². The lowest BCUT2D eigenvalue weighted by Gasteiger charge is -2.06. The van der Waals surface area contributed by atoms with Gasteiger partial charge in [-0.05, 0) is 30.2 Å². The first-order chi connectivity index (χ1) is 13.4. The summed E-state index contributed by atoms with van der Waals surface area (Å²) in [6.07, 6.45) is 0.664. The molecule has 0 saturated heterocycles. The van der Waals surface area contributed by atoms with Gasteiger partial charge in [0.05, 0.1) is 10.6 Å². The summed E-state index contributed by atoms with van der Waals surface area (Å²) in [4.78, 5) is 16.5. The van der Waals surface area contributed by atoms with Crippen molar-refractivity contribution in [2.75, 3.05) is 4.72 Å². The van der Waals surface area contributed by atoms with Crippen LogP contribution in [0.5, 0.6) is 0 Å². The molecule has 6 nitrogen and oxygen atoms in total. The Labute approximate surface area is 172 Å². The molecule has 1 heterocycles. The lowest BCUT2D eigenvalue weighted by Crippen LogP contribution is -2.23. The second kappa shape index (κ2) is 9.18. The van der Waals surface area contributed by atoms with E-state index in [1.54, 1.807) is 29.6 Å². The van der Waals surface area contributed by atoms with Crippen molar-refractivity contribution < 1.29 is 13.2 Å². The van der Waals surface area contributed by atoms with E-state index in [2.05, 4.69) is 15.0 Å². The standard InChI is InChI=1S/C19H18ClN3O3S2/c20-17-9-5-4-6-14(17)12-21-18(24)11-10-15-13-27-19(22-15)23-28(25,26)16-7-2-1-3-8-16/h1-9,13H,10-12H2,(H,21,24)(H,22,23).